The van der Waals surface area contributed by atoms with Gasteiger partial charge in [0.1, 0.15) is 18.2 Å². The molecule has 196 valence electrons. The second-order valence-corrected chi connectivity index (χ2v) is 8.49. The topological polar surface area (TPSA) is 88.1 Å². The minimum atomic E-state index is -0.992. The van der Waals surface area contributed by atoms with Crippen molar-refractivity contribution in [3.63, 3.8) is 0 Å². The van der Waals surface area contributed by atoms with Gasteiger partial charge >= 0.3 is 12.0 Å². The van der Waals surface area contributed by atoms with E-state index in [1.165, 1.54) is 29.8 Å². The first-order valence-electron chi connectivity index (χ1n) is 12.4. The number of aliphatic carboxylic acids is 1. The molecule has 0 saturated carbocycles. The number of halogens is 1. The Labute approximate surface area is 216 Å². The number of nitrogens with zero attached hydrogens (tertiary/aromatic N) is 1. The molecule has 7 nitrogen and oxygen atoms in total. The first kappa shape index (κ1) is 27.7. The van der Waals surface area contributed by atoms with Gasteiger partial charge in [0.2, 0.25) is 0 Å². The molecule has 0 aliphatic carbocycles. The molecule has 8 heteroatoms. The number of carboxylic acid groups (broad SMARTS) is 1. The zero-order chi connectivity index (χ0) is 26.5. The van der Waals surface area contributed by atoms with Crippen LogP contribution in [-0.4, -0.2) is 54.4 Å². The Bertz CT molecular complexity index is 1110. The maximum Gasteiger partial charge on any atom is 0.333 e. The Balaban J connectivity index is 1.55. The van der Waals surface area contributed by atoms with E-state index in [1.807, 2.05) is 30.3 Å². The van der Waals surface area contributed by atoms with Crippen molar-refractivity contribution in [2.75, 3.05) is 31.6 Å². The molecular formula is C29H33FN2O5. The minimum absolute atomic E-state index is 0.266. The molecule has 0 aliphatic heterocycles. The highest BCUT2D eigenvalue weighted by atomic mass is 19.1. The van der Waals surface area contributed by atoms with Crippen LogP contribution < -0.4 is 10.1 Å². The average Bonchev–Trinajstić information content (AvgIpc) is 2.90. The zero-order valence-corrected chi connectivity index (χ0v) is 20.9. The van der Waals surface area contributed by atoms with Crippen molar-refractivity contribution >= 4 is 17.7 Å². The van der Waals surface area contributed by atoms with E-state index in [0.717, 1.165) is 18.4 Å². The Hall–Kier alpha value is -3.91. The number of benzene rings is 3. The molecule has 0 aliphatic rings. The molecule has 0 fully saturated rings. The van der Waals surface area contributed by atoms with Crippen LogP contribution in [0.3, 0.4) is 0 Å². The maximum atomic E-state index is 13.2. The minimum Gasteiger partial charge on any atom is -0.492 e. The predicted octanol–water partition coefficient (Wildman–Crippen LogP) is 5.40. The molecule has 3 aromatic rings. The van der Waals surface area contributed by atoms with Crippen molar-refractivity contribution < 1.29 is 28.6 Å². The van der Waals surface area contributed by atoms with Gasteiger partial charge in [0, 0.05) is 25.3 Å². The van der Waals surface area contributed by atoms with Gasteiger partial charge in [-0.15, -0.1) is 0 Å². The number of aryl methyl sites for hydroxylation is 1. The number of rotatable bonds is 14. The van der Waals surface area contributed by atoms with Gasteiger partial charge in [-0.3, -0.25) is 0 Å². The van der Waals surface area contributed by atoms with Gasteiger partial charge in [-0.25, -0.2) is 14.0 Å². The third kappa shape index (κ3) is 9.57. The molecule has 1 unspecified atom stereocenters. The summed E-state index contributed by atoms with van der Waals surface area (Å²) < 4.78 is 24.3. The van der Waals surface area contributed by atoms with E-state index < -0.39 is 12.1 Å². The Morgan fingerprint density at radius 1 is 0.946 bits per heavy atom. The number of carbonyl (C=O) groups is 2. The van der Waals surface area contributed by atoms with Crippen LogP contribution in [0.4, 0.5) is 14.9 Å². The predicted molar refractivity (Wildman–Crippen MR) is 140 cm³/mol. The molecule has 2 N–H and O–H groups in total. The Kier molecular flexibility index (Phi) is 10.9. The summed E-state index contributed by atoms with van der Waals surface area (Å²) in [6, 6.07) is 22.6. The van der Waals surface area contributed by atoms with Gasteiger partial charge in [-0.05, 0) is 67.3 Å². The van der Waals surface area contributed by atoms with Crippen LogP contribution in [0.25, 0.3) is 0 Å². The number of carboxylic acids is 1. The second-order valence-electron chi connectivity index (χ2n) is 8.49. The van der Waals surface area contributed by atoms with E-state index in [4.69, 9.17) is 9.47 Å². The molecule has 0 spiro atoms. The van der Waals surface area contributed by atoms with Crippen molar-refractivity contribution in [1.29, 1.82) is 0 Å². The zero-order valence-electron chi connectivity index (χ0n) is 20.9. The lowest BCUT2D eigenvalue weighted by atomic mass is 10.1. The Morgan fingerprint density at radius 2 is 1.65 bits per heavy atom. The van der Waals surface area contributed by atoms with E-state index in [2.05, 4.69) is 17.4 Å². The Morgan fingerprint density at radius 3 is 2.30 bits per heavy atom. The summed E-state index contributed by atoms with van der Waals surface area (Å²) in [6.45, 7) is 3.25. The number of anilines is 1. The summed E-state index contributed by atoms with van der Waals surface area (Å²) in [6.07, 6.45) is 0.992. The fourth-order valence-corrected chi connectivity index (χ4v) is 3.80. The maximum absolute atomic E-state index is 13.2. The second kappa shape index (κ2) is 14.6. The number of hydrogen-bond acceptors (Lipinski definition) is 4. The van der Waals surface area contributed by atoms with Crippen LogP contribution in [0, 0.1) is 5.82 Å². The normalized spacial score (nSPS) is 11.5. The first-order valence-corrected chi connectivity index (χ1v) is 12.4. The number of ether oxygens (including phenoxy) is 2. The van der Waals surface area contributed by atoms with Gasteiger partial charge < -0.3 is 24.8 Å². The smallest absolute Gasteiger partial charge is 0.333 e. The van der Waals surface area contributed by atoms with Crippen LogP contribution in [0.1, 0.15) is 24.5 Å². The lowest BCUT2D eigenvalue weighted by molar-refractivity contribution is -0.149. The molecule has 3 aromatic carbocycles. The summed E-state index contributed by atoms with van der Waals surface area (Å²) in [5, 5.41) is 12.1. The molecule has 0 saturated heterocycles. The third-order valence-electron chi connectivity index (χ3n) is 5.74. The van der Waals surface area contributed by atoms with E-state index in [-0.39, 0.29) is 24.9 Å². The van der Waals surface area contributed by atoms with E-state index in [9.17, 15) is 19.1 Å². The SMILES string of the molecule is CCOC(Cc1ccc(OCCN(CCCc2ccccc2)C(=O)Nc2ccc(F)cc2)cc1)C(=O)O. The molecule has 2 amide bonds. The molecule has 1 atom stereocenters. The van der Waals surface area contributed by atoms with Crippen molar-refractivity contribution in [1.82, 2.24) is 4.90 Å². The largest absolute Gasteiger partial charge is 0.492 e. The fraction of sp³-hybridized carbons (Fsp3) is 0.310. The summed E-state index contributed by atoms with van der Waals surface area (Å²) >= 11 is 0. The summed E-state index contributed by atoms with van der Waals surface area (Å²) in [5.74, 6) is -0.739. The summed E-state index contributed by atoms with van der Waals surface area (Å²) in [7, 11) is 0. The first-order chi connectivity index (χ1) is 17.9. The van der Waals surface area contributed by atoms with Crippen molar-refractivity contribution in [2.45, 2.75) is 32.3 Å². The van der Waals surface area contributed by atoms with E-state index in [0.29, 0.717) is 31.1 Å². The van der Waals surface area contributed by atoms with Gasteiger partial charge in [0.15, 0.2) is 6.10 Å². The van der Waals surface area contributed by atoms with Crippen molar-refractivity contribution in [3.05, 3.63) is 95.8 Å². The highest BCUT2D eigenvalue weighted by molar-refractivity contribution is 5.89. The molecule has 0 bridgehead atoms. The monoisotopic (exact) mass is 508 g/mol. The van der Waals surface area contributed by atoms with Crippen LogP contribution in [-0.2, 0) is 22.4 Å². The lowest BCUT2D eigenvalue weighted by Gasteiger charge is -2.23. The molecule has 3 rings (SSSR count). The number of urea groups is 1. The quantitative estimate of drug-likeness (QED) is 0.304. The van der Waals surface area contributed by atoms with Crippen LogP contribution in [0.5, 0.6) is 5.75 Å². The van der Waals surface area contributed by atoms with Gasteiger partial charge in [0.05, 0.1) is 6.54 Å². The standard InChI is InChI=1S/C29H33FN2O5/c1-2-36-27(28(33)34)21-23-10-16-26(17-11-23)37-20-19-32(18-6-9-22-7-4-3-5-8-22)29(35)31-25-14-12-24(30)13-15-25/h3-5,7-8,10-17,27H,2,6,9,18-21H2,1H3,(H,31,35)(H,33,34). The molecule has 0 aromatic heterocycles. The number of carbonyl (C=O) groups excluding carboxylic acids is 1. The fourth-order valence-electron chi connectivity index (χ4n) is 3.80. The van der Waals surface area contributed by atoms with Gasteiger partial charge in [-0.2, -0.15) is 0 Å². The molecule has 0 heterocycles. The summed E-state index contributed by atoms with van der Waals surface area (Å²) in [5.41, 5.74) is 2.55. The van der Waals surface area contributed by atoms with Crippen molar-refractivity contribution in [2.24, 2.45) is 0 Å². The number of nitrogens with one attached hydrogen (secondary N) is 1. The molecule has 0 radical (unpaired) electrons. The van der Waals surface area contributed by atoms with E-state index >= 15 is 0 Å². The molecular weight excluding hydrogens is 475 g/mol. The van der Waals surface area contributed by atoms with Crippen LogP contribution >= 0.6 is 0 Å². The number of hydrogen-bond donors (Lipinski definition) is 2. The van der Waals surface area contributed by atoms with Gasteiger partial charge in [0.25, 0.3) is 0 Å². The molecule has 37 heavy (non-hydrogen) atoms. The highest BCUT2D eigenvalue weighted by Gasteiger charge is 2.18. The van der Waals surface area contributed by atoms with Crippen LogP contribution in [0.15, 0.2) is 78.9 Å². The number of amides is 2. The van der Waals surface area contributed by atoms with E-state index in [1.54, 1.807) is 24.0 Å². The highest BCUT2D eigenvalue weighted by Crippen LogP contribution is 2.15. The summed E-state index contributed by atoms with van der Waals surface area (Å²) in [4.78, 5) is 25.9. The third-order valence-corrected chi connectivity index (χ3v) is 5.74. The van der Waals surface area contributed by atoms with Gasteiger partial charge in [-0.1, -0.05) is 42.5 Å². The average molecular weight is 509 g/mol. The van der Waals surface area contributed by atoms with Crippen LogP contribution in [0.2, 0.25) is 0 Å². The van der Waals surface area contributed by atoms with Crippen molar-refractivity contribution in [3.8, 4) is 5.75 Å². The lowest BCUT2D eigenvalue weighted by Crippen LogP contribution is -2.38.